The molecule has 30 heavy (non-hydrogen) atoms. The summed E-state index contributed by atoms with van der Waals surface area (Å²) in [6.07, 6.45) is 8.64. The Bertz CT molecular complexity index is 867. The summed E-state index contributed by atoms with van der Waals surface area (Å²) >= 11 is 0. The highest BCUT2D eigenvalue weighted by molar-refractivity contribution is 5.94. The van der Waals surface area contributed by atoms with Crippen LogP contribution in [0.15, 0.2) is 48.5 Å². The van der Waals surface area contributed by atoms with Gasteiger partial charge in [0, 0.05) is 43.9 Å². The summed E-state index contributed by atoms with van der Waals surface area (Å²) in [6.45, 7) is 5.99. The van der Waals surface area contributed by atoms with Gasteiger partial charge in [0.25, 0.3) is 5.91 Å². The van der Waals surface area contributed by atoms with E-state index >= 15 is 0 Å². The zero-order chi connectivity index (χ0) is 21.2. The lowest BCUT2D eigenvalue weighted by Gasteiger charge is -2.36. The average Bonchev–Trinajstić information content (AvgIpc) is 2.81. The molecule has 0 aliphatic carbocycles. The highest BCUT2D eigenvalue weighted by atomic mass is 16.5. The number of nitrogens with zero attached hydrogens (tertiary/aromatic N) is 2. The maximum Gasteiger partial charge on any atom is 0.251 e. The van der Waals surface area contributed by atoms with Gasteiger partial charge in [0.15, 0.2) is 0 Å². The minimum Gasteiger partial charge on any atom is -0.495 e. The summed E-state index contributed by atoms with van der Waals surface area (Å²) in [5, 5.41) is 2.98. The molecule has 1 heterocycles. The predicted octanol–water partition coefficient (Wildman–Crippen LogP) is 3.40. The number of nitrogens with one attached hydrogen (secondary N) is 1. The quantitative estimate of drug-likeness (QED) is 0.513. The summed E-state index contributed by atoms with van der Waals surface area (Å²) in [5.41, 5.74) is 2.54. The Morgan fingerprint density at radius 1 is 1.07 bits per heavy atom. The second-order valence-electron chi connectivity index (χ2n) is 7.54. The highest BCUT2D eigenvalue weighted by Gasteiger charge is 2.19. The van der Waals surface area contributed by atoms with Crippen LogP contribution < -0.4 is 15.0 Å². The van der Waals surface area contributed by atoms with Crippen molar-refractivity contribution in [2.75, 3.05) is 51.3 Å². The van der Waals surface area contributed by atoms with Crippen molar-refractivity contribution >= 4 is 11.6 Å². The van der Waals surface area contributed by atoms with Crippen molar-refractivity contribution in [3.63, 3.8) is 0 Å². The van der Waals surface area contributed by atoms with Crippen LogP contribution in [0.5, 0.6) is 5.75 Å². The van der Waals surface area contributed by atoms with Crippen molar-refractivity contribution < 1.29 is 9.53 Å². The molecule has 1 aliphatic heterocycles. The van der Waals surface area contributed by atoms with Crippen LogP contribution in [0.4, 0.5) is 5.69 Å². The van der Waals surface area contributed by atoms with Gasteiger partial charge in [-0.2, -0.15) is 0 Å². The number of para-hydroxylation sites is 2. The van der Waals surface area contributed by atoms with E-state index in [4.69, 9.17) is 11.2 Å². The molecule has 5 heteroatoms. The second-order valence-corrected chi connectivity index (χ2v) is 7.54. The van der Waals surface area contributed by atoms with Crippen LogP contribution in [0.25, 0.3) is 0 Å². The van der Waals surface area contributed by atoms with Crippen LogP contribution >= 0.6 is 0 Å². The number of methoxy groups -OCH3 is 1. The molecule has 0 unspecified atom stereocenters. The molecule has 0 radical (unpaired) electrons. The Balaban J connectivity index is 1.30. The molecular formula is C25H31N3O2. The maximum atomic E-state index is 12.2. The number of terminal acetylenes is 1. The van der Waals surface area contributed by atoms with Gasteiger partial charge in [-0.3, -0.25) is 9.69 Å². The van der Waals surface area contributed by atoms with Crippen LogP contribution in [0, 0.1) is 12.3 Å². The lowest BCUT2D eigenvalue weighted by atomic mass is 10.1. The Kier molecular flexibility index (Phi) is 8.17. The van der Waals surface area contributed by atoms with E-state index < -0.39 is 0 Å². The Morgan fingerprint density at radius 3 is 2.63 bits per heavy atom. The van der Waals surface area contributed by atoms with Crippen LogP contribution in [0.3, 0.4) is 0 Å². The topological polar surface area (TPSA) is 44.8 Å². The maximum absolute atomic E-state index is 12.2. The minimum absolute atomic E-state index is 0.0560. The van der Waals surface area contributed by atoms with Crippen LogP contribution in [0.1, 0.15) is 35.2 Å². The van der Waals surface area contributed by atoms with Gasteiger partial charge in [-0.25, -0.2) is 0 Å². The number of anilines is 1. The van der Waals surface area contributed by atoms with Crippen molar-refractivity contribution in [2.24, 2.45) is 0 Å². The Morgan fingerprint density at radius 2 is 1.87 bits per heavy atom. The molecule has 0 spiro atoms. The van der Waals surface area contributed by atoms with Crippen molar-refractivity contribution in [1.82, 2.24) is 10.2 Å². The number of benzene rings is 2. The van der Waals surface area contributed by atoms with Gasteiger partial charge < -0.3 is 15.0 Å². The number of rotatable bonds is 9. The number of hydrogen-bond donors (Lipinski definition) is 1. The van der Waals surface area contributed by atoms with Crippen molar-refractivity contribution in [1.29, 1.82) is 0 Å². The third kappa shape index (κ3) is 6.01. The van der Waals surface area contributed by atoms with E-state index in [2.05, 4.69) is 33.2 Å². The van der Waals surface area contributed by atoms with Gasteiger partial charge in [-0.05, 0) is 49.7 Å². The van der Waals surface area contributed by atoms with Gasteiger partial charge in [0.05, 0.1) is 12.8 Å². The monoisotopic (exact) mass is 405 g/mol. The Hall–Kier alpha value is -2.97. The second kappa shape index (κ2) is 11.3. The fourth-order valence-electron chi connectivity index (χ4n) is 3.79. The van der Waals surface area contributed by atoms with Crippen molar-refractivity contribution in [2.45, 2.75) is 19.3 Å². The molecule has 3 rings (SSSR count). The fraction of sp³-hybridized carbons (Fsp3) is 0.400. The fourth-order valence-corrected chi connectivity index (χ4v) is 3.79. The van der Waals surface area contributed by atoms with E-state index in [9.17, 15) is 4.79 Å². The van der Waals surface area contributed by atoms with Gasteiger partial charge >= 0.3 is 0 Å². The van der Waals surface area contributed by atoms with E-state index in [0.29, 0.717) is 12.1 Å². The van der Waals surface area contributed by atoms with E-state index in [-0.39, 0.29) is 5.91 Å². The Labute approximate surface area is 180 Å². The first-order valence-electron chi connectivity index (χ1n) is 10.7. The number of ether oxygens (including phenoxy) is 1. The standard InChI is InChI=1S/C25H31N3O2/c1-3-21-10-9-11-22(20-21)25(29)26-14-7-4-8-15-27-16-18-28(19-17-27)23-12-5-6-13-24(23)30-2/h1,5-6,9-13,20H,4,7-8,14-19H2,2H3,(H,26,29). The molecule has 0 bridgehead atoms. The van der Waals surface area contributed by atoms with Gasteiger partial charge in [0.2, 0.25) is 0 Å². The molecule has 1 fully saturated rings. The van der Waals surface area contributed by atoms with Gasteiger partial charge in [-0.15, -0.1) is 6.42 Å². The van der Waals surface area contributed by atoms with E-state index in [1.807, 2.05) is 24.3 Å². The molecule has 2 aromatic carbocycles. The largest absolute Gasteiger partial charge is 0.495 e. The number of unbranched alkanes of at least 4 members (excludes halogenated alkanes) is 2. The summed E-state index contributed by atoms with van der Waals surface area (Å²) in [5.74, 6) is 3.45. The lowest BCUT2D eigenvalue weighted by Crippen LogP contribution is -2.46. The van der Waals surface area contributed by atoms with Crippen LogP contribution in [-0.2, 0) is 0 Å². The SMILES string of the molecule is C#Cc1cccc(C(=O)NCCCCCN2CCN(c3ccccc3OC)CC2)c1. The molecule has 1 aliphatic rings. The minimum atomic E-state index is -0.0560. The average molecular weight is 406 g/mol. The molecule has 0 atom stereocenters. The lowest BCUT2D eigenvalue weighted by molar-refractivity contribution is 0.0952. The first kappa shape index (κ1) is 21.7. The number of carbonyl (C=O) groups is 1. The molecule has 1 N–H and O–H groups in total. The van der Waals surface area contributed by atoms with Gasteiger partial charge in [0.1, 0.15) is 5.75 Å². The van der Waals surface area contributed by atoms with E-state index in [1.54, 1.807) is 19.2 Å². The van der Waals surface area contributed by atoms with Crippen molar-refractivity contribution in [3.8, 4) is 18.1 Å². The molecule has 2 aromatic rings. The molecule has 1 saturated heterocycles. The molecule has 0 aromatic heterocycles. The van der Waals surface area contributed by atoms with Gasteiger partial charge in [-0.1, -0.05) is 30.5 Å². The number of carbonyl (C=O) groups excluding carboxylic acids is 1. The first-order valence-corrected chi connectivity index (χ1v) is 10.7. The number of hydrogen-bond acceptors (Lipinski definition) is 4. The first-order chi connectivity index (χ1) is 14.7. The highest BCUT2D eigenvalue weighted by Crippen LogP contribution is 2.28. The summed E-state index contributed by atoms with van der Waals surface area (Å²) in [7, 11) is 1.73. The molecule has 158 valence electrons. The summed E-state index contributed by atoms with van der Waals surface area (Å²) < 4.78 is 5.49. The summed E-state index contributed by atoms with van der Waals surface area (Å²) in [6, 6.07) is 15.4. The van der Waals surface area contributed by atoms with E-state index in [0.717, 1.165) is 63.3 Å². The predicted molar refractivity (Wildman–Crippen MR) is 122 cm³/mol. The molecule has 5 nitrogen and oxygen atoms in total. The molecule has 0 saturated carbocycles. The zero-order valence-corrected chi connectivity index (χ0v) is 17.8. The third-order valence-electron chi connectivity index (χ3n) is 5.53. The van der Waals surface area contributed by atoms with Crippen molar-refractivity contribution in [3.05, 3.63) is 59.7 Å². The van der Waals surface area contributed by atoms with Crippen LogP contribution in [0.2, 0.25) is 0 Å². The van der Waals surface area contributed by atoms with E-state index in [1.165, 1.54) is 5.69 Å². The zero-order valence-electron chi connectivity index (χ0n) is 17.8. The smallest absolute Gasteiger partial charge is 0.251 e. The molecule has 1 amide bonds. The summed E-state index contributed by atoms with van der Waals surface area (Å²) in [4.78, 5) is 17.1. The normalized spacial score (nSPS) is 14.2. The number of piperazine rings is 1. The van der Waals surface area contributed by atoms with Crippen LogP contribution in [-0.4, -0.2) is 57.2 Å². The third-order valence-corrected chi connectivity index (χ3v) is 5.53. The number of amides is 1. The molecular weight excluding hydrogens is 374 g/mol.